The van der Waals surface area contributed by atoms with Crippen LogP contribution in [-0.2, 0) is 19.5 Å². The first-order valence-electron chi connectivity index (χ1n) is 10.8. The van der Waals surface area contributed by atoms with E-state index in [4.69, 9.17) is 9.47 Å². The summed E-state index contributed by atoms with van der Waals surface area (Å²) in [6.45, 7) is 3.76. The lowest BCUT2D eigenvalue weighted by molar-refractivity contribution is 0.0789. The summed E-state index contributed by atoms with van der Waals surface area (Å²) >= 11 is 0. The molecule has 1 amide bonds. The minimum atomic E-state index is -0.194. The molecule has 0 aromatic heterocycles. The second-order valence-corrected chi connectivity index (χ2v) is 8.13. The Bertz CT molecular complexity index is 1060. The third-order valence-corrected chi connectivity index (χ3v) is 5.89. The van der Waals surface area contributed by atoms with Crippen molar-refractivity contribution in [3.63, 3.8) is 0 Å². The summed E-state index contributed by atoms with van der Waals surface area (Å²) in [6, 6.07) is 24.1. The number of hydrogen-bond donors (Lipinski definition) is 1. The number of hydrogen-bond acceptors (Lipinski definition) is 4. The van der Waals surface area contributed by atoms with E-state index < -0.39 is 0 Å². The van der Waals surface area contributed by atoms with Gasteiger partial charge < -0.3 is 14.8 Å². The molecule has 5 heteroatoms. The van der Waals surface area contributed by atoms with Crippen LogP contribution in [0.25, 0.3) is 0 Å². The van der Waals surface area contributed by atoms with E-state index in [0.717, 1.165) is 37.6 Å². The van der Waals surface area contributed by atoms with Gasteiger partial charge in [0.2, 0.25) is 0 Å². The number of para-hydroxylation sites is 2. The van der Waals surface area contributed by atoms with Crippen LogP contribution >= 0.6 is 0 Å². The van der Waals surface area contributed by atoms with Crippen LogP contribution in [0.3, 0.4) is 0 Å². The summed E-state index contributed by atoms with van der Waals surface area (Å²) in [5, 5.41) is 2.96. The molecule has 2 heterocycles. The van der Waals surface area contributed by atoms with Crippen molar-refractivity contribution in [2.45, 2.75) is 25.6 Å². The monoisotopic (exact) mass is 414 g/mol. The molecule has 5 nitrogen and oxygen atoms in total. The zero-order chi connectivity index (χ0) is 21.0. The summed E-state index contributed by atoms with van der Waals surface area (Å²) in [6.07, 6.45) is 0.897. The third-order valence-electron chi connectivity index (χ3n) is 5.89. The van der Waals surface area contributed by atoms with E-state index in [1.165, 1.54) is 16.7 Å². The number of carbonyl (C=O) groups excluding carboxylic acids is 1. The van der Waals surface area contributed by atoms with Crippen LogP contribution in [0.4, 0.5) is 0 Å². The Morgan fingerprint density at radius 1 is 0.935 bits per heavy atom. The molecule has 0 spiro atoms. The highest BCUT2D eigenvalue weighted by atomic mass is 16.6. The van der Waals surface area contributed by atoms with Gasteiger partial charge in [-0.15, -0.1) is 0 Å². The Hall–Kier alpha value is -3.31. The van der Waals surface area contributed by atoms with Crippen LogP contribution in [0.1, 0.15) is 27.0 Å². The predicted molar refractivity (Wildman–Crippen MR) is 119 cm³/mol. The fourth-order valence-electron chi connectivity index (χ4n) is 4.18. The minimum Gasteiger partial charge on any atom is -0.486 e. The van der Waals surface area contributed by atoms with Crippen molar-refractivity contribution < 1.29 is 14.3 Å². The maximum Gasteiger partial charge on any atom is 0.251 e. The van der Waals surface area contributed by atoms with Crippen LogP contribution in [0.2, 0.25) is 0 Å². The maximum absolute atomic E-state index is 12.6. The number of ether oxygens (including phenoxy) is 2. The molecule has 31 heavy (non-hydrogen) atoms. The van der Waals surface area contributed by atoms with E-state index in [9.17, 15) is 4.79 Å². The number of rotatable bonds is 5. The Morgan fingerprint density at radius 3 is 2.52 bits per heavy atom. The van der Waals surface area contributed by atoms with Gasteiger partial charge in [0, 0.05) is 25.2 Å². The molecule has 1 N–H and O–H groups in total. The summed E-state index contributed by atoms with van der Waals surface area (Å²) in [5.41, 5.74) is 4.75. The van der Waals surface area contributed by atoms with Gasteiger partial charge in [0.05, 0.1) is 6.54 Å². The van der Waals surface area contributed by atoms with Gasteiger partial charge in [0.15, 0.2) is 11.5 Å². The Morgan fingerprint density at radius 2 is 1.68 bits per heavy atom. The number of amides is 1. The molecule has 3 aromatic carbocycles. The summed E-state index contributed by atoms with van der Waals surface area (Å²) < 4.78 is 11.6. The predicted octanol–water partition coefficient (Wildman–Crippen LogP) is 3.81. The molecule has 2 aliphatic rings. The van der Waals surface area contributed by atoms with Crippen LogP contribution in [-0.4, -0.2) is 36.6 Å². The highest BCUT2D eigenvalue weighted by Crippen LogP contribution is 2.30. The van der Waals surface area contributed by atoms with E-state index in [1.807, 2.05) is 48.5 Å². The smallest absolute Gasteiger partial charge is 0.251 e. The summed E-state index contributed by atoms with van der Waals surface area (Å²) in [7, 11) is 0. The molecule has 0 saturated heterocycles. The Labute approximate surface area is 182 Å². The van der Waals surface area contributed by atoms with Crippen LogP contribution in [0.15, 0.2) is 72.8 Å². The van der Waals surface area contributed by atoms with Crippen molar-refractivity contribution >= 4 is 5.91 Å². The molecule has 0 unspecified atom stereocenters. The molecule has 5 rings (SSSR count). The molecule has 0 aliphatic carbocycles. The first-order chi connectivity index (χ1) is 15.2. The van der Waals surface area contributed by atoms with E-state index in [0.29, 0.717) is 18.7 Å². The van der Waals surface area contributed by atoms with Crippen LogP contribution in [0, 0.1) is 0 Å². The highest BCUT2D eigenvalue weighted by molar-refractivity contribution is 5.94. The van der Waals surface area contributed by atoms with Crippen molar-refractivity contribution in [3.8, 4) is 11.5 Å². The van der Waals surface area contributed by atoms with Gasteiger partial charge in [-0.05, 0) is 47.4 Å². The van der Waals surface area contributed by atoms with Gasteiger partial charge in [0.25, 0.3) is 5.91 Å². The number of carbonyl (C=O) groups is 1. The van der Waals surface area contributed by atoms with Gasteiger partial charge in [-0.2, -0.15) is 0 Å². The van der Waals surface area contributed by atoms with Crippen molar-refractivity contribution in [2.24, 2.45) is 0 Å². The van der Waals surface area contributed by atoms with Gasteiger partial charge in [-0.3, -0.25) is 9.69 Å². The number of nitrogens with zero attached hydrogens (tertiary/aromatic N) is 1. The molecule has 158 valence electrons. The van der Waals surface area contributed by atoms with Crippen molar-refractivity contribution in [1.29, 1.82) is 0 Å². The second-order valence-electron chi connectivity index (χ2n) is 8.13. The molecule has 0 fully saturated rings. The number of benzene rings is 3. The number of fused-ring (bicyclic) bond motifs is 2. The zero-order valence-corrected chi connectivity index (χ0v) is 17.4. The molecule has 0 saturated carbocycles. The average Bonchev–Trinajstić information content (AvgIpc) is 2.83. The number of nitrogens with one attached hydrogen (secondary N) is 1. The summed E-state index contributed by atoms with van der Waals surface area (Å²) in [5.74, 6) is 1.37. The third kappa shape index (κ3) is 4.57. The SMILES string of the molecule is O=C(NC[C@H]1COc2ccccc2O1)c1ccc(CN2CCc3ccccc3C2)cc1. The second kappa shape index (κ2) is 8.82. The quantitative estimate of drug-likeness (QED) is 0.690. The van der Waals surface area contributed by atoms with Gasteiger partial charge in [0.1, 0.15) is 12.7 Å². The topological polar surface area (TPSA) is 50.8 Å². The normalized spacial score (nSPS) is 17.6. The van der Waals surface area contributed by atoms with Gasteiger partial charge >= 0.3 is 0 Å². The van der Waals surface area contributed by atoms with E-state index >= 15 is 0 Å². The lowest BCUT2D eigenvalue weighted by atomic mass is 9.99. The fourth-order valence-corrected chi connectivity index (χ4v) is 4.18. The van der Waals surface area contributed by atoms with Crippen molar-refractivity contribution in [3.05, 3.63) is 95.1 Å². The average molecular weight is 415 g/mol. The molecular weight excluding hydrogens is 388 g/mol. The molecule has 0 radical (unpaired) electrons. The van der Waals surface area contributed by atoms with Gasteiger partial charge in [-0.25, -0.2) is 0 Å². The standard InChI is InChI=1S/C26H26N2O3/c29-26(27-15-23-18-30-24-7-3-4-8-25(24)31-23)21-11-9-19(10-12-21)16-28-14-13-20-5-1-2-6-22(20)17-28/h1-12,23H,13-18H2,(H,27,29)/t23-/m0/s1. The fraction of sp³-hybridized carbons (Fsp3) is 0.269. The molecule has 3 aromatic rings. The van der Waals surface area contributed by atoms with Crippen LogP contribution in [0.5, 0.6) is 11.5 Å². The first kappa shape index (κ1) is 19.6. The molecular formula is C26H26N2O3. The lowest BCUT2D eigenvalue weighted by Gasteiger charge is -2.28. The largest absolute Gasteiger partial charge is 0.486 e. The Balaban J connectivity index is 1.13. The maximum atomic E-state index is 12.6. The van der Waals surface area contributed by atoms with Crippen LogP contribution < -0.4 is 14.8 Å². The molecule has 0 bridgehead atoms. The summed E-state index contributed by atoms with van der Waals surface area (Å²) in [4.78, 5) is 15.0. The van der Waals surface area contributed by atoms with Crippen molar-refractivity contribution in [2.75, 3.05) is 19.7 Å². The zero-order valence-electron chi connectivity index (χ0n) is 17.4. The van der Waals surface area contributed by atoms with Gasteiger partial charge in [-0.1, -0.05) is 48.5 Å². The molecule has 2 aliphatic heterocycles. The Kier molecular flexibility index (Phi) is 5.59. The lowest BCUT2D eigenvalue weighted by Crippen LogP contribution is -2.40. The molecule has 1 atom stereocenters. The van der Waals surface area contributed by atoms with Crippen molar-refractivity contribution in [1.82, 2.24) is 10.2 Å². The first-order valence-corrected chi connectivity index (χ1v) is 10.8. The van der Waals surface area contributed by atoms with E-state index in [2.05, 4.69) is 34.5 Å². The minimum absolute atomic E-state index is 0.0964. The highest BCUT2D eigenvalue weighted by Gasteiger charge is 2.21. The van der Waals surface area contributed by atoms with E-state index in [1.54, 1.807) is 0 Å². The van der Waals surface area contributed by atoms with E-state index in [-0.39, 0.29) is 12.0 Å².